The Hall–Kier alpha value is -1.63. The summed E-state index contributed by atoms with van der Waals surface area (Å²) in [5, 5.41) is 3.00. The van der Waals surface area contributed by atoms with E-state index in [0.717, 1.165) is 5.56 Å². The van der Waals surface area contributed by atoms with Crippen LogP contribution >= 0.6 is 0 Å². The molecule has 116 valence electrons. The van der Waals surface area contributed by atoms with Gasteiger partial charge in [0.1, 0.15) is 10.6 Å². The molecular formula is C15H22N2O3S. The van der Waals surface area contributed by atoms with E-state index in [1.807, 2.05) is 6.07 Å². The van der Waals surface area contributed by atoms with Crippen LogP contribution in [0.4, 0.5) is 0 Å². The van der Waals surface area contributed by atoms with Crippen LogP contribution in [0.5, 0.6) is 5.75 Å². The van der Waals surface area contributed by atoms with Crippen molar-refractivity contribution >= 4 is 10.0 Å². The normalized spacial score (nSPS) is 11.4. The first-order chi connectivity index (χ1) is 10.0. The molecule has 0 saturated heterocycles. The molecule has 0 aliphatic heterocycles. The maximum atomic E-state index is 12.8. The Bertz CT molecular complexity index is 587. The van der Waals surface area contributed by atoms with E-state index in [1.165, 1.54) is 11.4 Å². The molecule has 0 bridgehead atoms. The second kappa shape index (κ2) is 7.97. The van der Waals surface area contributed by atoms with E-state index >= 15 is 0 Å². The Kier molecular flexibility index (Phi) is 6.61. The number of rotatable bonds is 9. The summed E-state index contributed by atoms with van der Waals surface area (Å²) in [4.78, 5) is 0.154. The average molecular weight is 310 g/mol. The lowest BCUT2D eigenvalue weighted by Crippen LogP contribution is -2.31. The van der Waals surface area contributed by atoms with E-state index in [0.29, 0.717) is 12.3 Å². The lowest BCUT2D eigenvalue weighted by atomic mass is 10.2. The van der Waals surface area contributed by atoms with Gasteiger partial charge in [-0.3, -0.25) is 0 Å². The highest BCUT2D eigenvalue weighted by atomic mass is 32.2. The van der Waals surface area contributed by atoms with Gasteiger partial charge in [-0.05, 0) is 24.7 Å². The molecule has 0 fully saturated rings. The van der Waals surface area contributed by atoms with Gasteiger partial charge in [-0.25, -0.2) is 8.42 Å². The molecule has 6 heteroatoms. The molecule has 0 saturated carbocycles. The molecule has 1 aromatic rings. The molecule has 5 nitrogen and oxygen atoms in total. The molecule has 0 aromatic heterocycles. The number of nitrogens with zero attached hydrogens (tertiary/aromatic N) is 1. The monoisotopic (exact) mass is 310 g/mol. The first-order valence-electron chi connectivity index (χ1n) is 6.54. The maximum Gasteiger partial charge on any atom is 0.247 e. The van der Waals surface area contributed by atoms with Crippen LogP contribution in [-0.2, 0) is 16.6 Å². The van der Waals surface area contributed by atoms with E-state index < -0.39 is 10.0 Å². The van der Waals surface area contributed by atoms with Gasteiger partial charge in [0.15, 0.2) is 0 Å². The molecule has 0 heterocycles. The summed E-state index contributed by atoms with van der Waals surface area (Å²) in [6, 6.07) is 5.13. The molecule has 0 aliphatic rings. The average Bonchev–Trinajstić information content (AvgIpc) is 2.47. The lowest BCUT2D eigenvalue weighted by Gasteiger charge is -2.21. The fourth-order valence-electron chi connectivity index (χ4n) is 1.93. The minimum absolute atomic E-state index is 0.154. The number of benzene rings is 1. The van der Waals surface area contributed by atoms with E-state index in [2.05, 4.69) is 18.5 Å². The molecule has 0 atom stereocenters. The van der Waals surface area contributed by atoms with Gasteiger partial charge in [0, 0.05) is 19.6 Å². The van der Waals surface area contributed by atoms with Crippen molar-refractivity contribution in [2.75, 3.05) is 27.2 Å². The van der Waals surface area contributed by atoms with Crippen LogP contribution in [0.25, 0.3) is 0 Å². The summed E-state index contributed by atoms with van der Waals surface area (Å²) < 4.78 is 32.0. The largest absolute Gasteiger partial charge is 0.495 e. The Morgan fingerprint density at radius 1 is 1.29 bits per heavy atom. The van der Waals surface area contributed by atoms with Crippen molar-refractivity contribution in [3.05, 3.63) is 49.1 Å². The molecule has 21 heavy (non-hydrogen) atoms. The summed E-state index contributed by atoms with van der Waals surface area (Å²) in [6.45, 7) is 8.21. The molecule has 1 rings (SSSR count). The van der Waals surface area contributed by atoms with E-state index in [9.17, 15) is 8.42 Å². The smallest absolute Gasteiger partial charge is 0.247 e. The highest BCUT2D eigenvalue weighted by Gasteiger charge is 2.26. The fraction of sp³-hybridized carbons (Fsp3) is 0.333. The van der Waals surface area contributed by atoms with Crippen LogP contribution < -0.4 is 10.1 Å². The molecule has 0 radical (unpaired) electrons. The Morgan fingerprint density at radius 2 is 1.90 bits per heavy atom. The predicted octanol–water partition coefficient (Wildman–Crippen LogP) is 1.78. The van der Waals surface area contributed by atoms with Gasteiger partial charge in [-0.2, -0.15) is 4.31 Å². The second-order valence-electron chi connectivity index (χ2n) is 4.41. The summed E-state index contributed by atoms with van der Waals surface area (Å²) in [6.07, 6.45) is 3.09. The number of methoxy groups -OCH3 is 1. The van der Waals surface area contributed by atoms with Gasteiger partial charge < -0.3 is 10.1 Å². The van der Waals surface area contributed by atoms with Crippen molar-refractivity contribution in [1.29, 1.82) is 0 Å². The Labute approximate surface area is 127 Å². The van der Waals surface area contributed by atoms with Gasteiger partial charge in [-0.15, -0.1) is 13.2 Å². The first kappa shape index (κ1) is 17.4. The second-order valence-corrected chi connectivity index (χ2v) is 6.32. The number of hydrogen-bond acceptors (Lipinski definition) is 4. The van der Waals surface area contributed by atoms with Crippen molar-refractivity contribution in [3.63, 3.8) is 0 Å². The molecule has 0 unspecified atom stereocenters. The summed E-state index contributed by atoms with van der Waals surface area (Å²) in [5.41, 5.74) is 0.869. The Balaban J connectivity index is 3.35. The highest BCUT2D eigenvalue weighted by molar-refractivity contribution is 7.89. The van der Waals surface area contributed by atoms with Crippen LogP contribution in [0.15, 0.2) is 48.4 Å². The van der Waals surface area contributed by atoms with Gasteiger partial charge in [0.25, 0.3) is 0 Å². The number of sulfonamides is 1. The quantitative estimate of drug-likeness (QED) is 0.706. The zero-order valence-electron chi connectivity index (χ0n) is 12.5. The third kappa shape index (κ3) is 4.17. The van der Waals surface area contributed by atoms with Crippen molar-refractivity contribution in [1.82, 2.24) is 9.62 Å². The molecule has 0 amide bonds. The van der Waals surface area contributed by atoms with Crippen LogP contribution in [0.1, 0.15) is 5.56 Å². The summed E-state index contributed by atoms with van der Waals surface area (Å²) in [7, 11) is -0.409. The number of ether oxygens (including phenoxy) is 1. The molecule has 1 aromatic carbocycles. The molecule has 0 spiro atoms. The number of hydrogen-bond donors (Lipinski definition) is 1. The van der Waals surface area contributed by atoms with Crippen molar-refractivity contribution < 1.29 is 13.2 Å². The SMILES string of the molecule is C=CCN(CC=C)S(=O)(=O)c1cc(CNC)ccc1OC. The first-order valence-corrected chi connectivity index (χ1v) is 7.98. The van der Waals surface area contributed by atoms with E-state index in [1.54, 1.807) is 31.3 Å². The fourth-order valence-corrected chi connectivity index (χ4v) is 3.52. The predicted molar refractivity (Wildman–Crippen MR) is 84.9 cm³/mol. The molecule has 0 aliphatic carbocycles. The standard InChI is InChI=1S/C15H22N2O3S/c1-5-9-17(10-6-2)21(18,19)15-11-13(12-16-3)7-8-14(15)20-4/h5-8,11,16H,1-2,9-10,12H2,3-4H3. The van der Waals surface area contributed by atoms with Crippen LogP contribution in [0.2, 0.25) is 0 Å². The number of nitrogens with one attached hydrogen (secondary N) is 1. The third-order valence-electron chi connectivity index (χ3n) is 2.89. The highest BCUT2D eigenvalue weighted by Crippen LogP contribution is 2.28. The van der Waals surface area contributed by atoms with E-state index in [4.69, 9.17) is 4.74 Å². The van der Waals surface area contributed by atoms with Crippen molar-refractivity contribution in [2.24, 2.45) is 0 Å². The van der Waals surface area contributed by atoms with Crippen LogP contribution in [0.3, 0.4) is 0 Å². The zero-order chi connectivity index (χ0) is 15.9. The molecule has 1 N–H and O–H groups in total. The third-order valence-corrected chi connectivity index (χ3v) is 4.75. The lowest BCUT2D eigenvalue weighted by molar-refractivity contribution is 0.398. The minimum atomic E-state index is -3.67. The van der Waals surface area contributed by atoms with Gasteiger partial charge in [-0.1, -0.05) is 18.2 Å². The topological polar surface area (TPSA) is 58.6 Å². The molecular weight excluding hydrogens is 288 g/mol. The minimum Gasteiger partial charge on any atom is -0.495 e. The van der Waals surface area contributed by atoms with Crippen molar-refractivity contribution in [3.8, 4) is 5.75 Å². The van der Waals surface area contributed by atoms with E-state index in [-0.39, 0.29) is 18.0 Å². The maximum absolute atomic E-state index is 12.8. The van der Waals surface area contributed by atoms with Crippen molar-refractivity contribution in [2.45, 2.75) is 11.4 Å². The van der Waals surface area contributed by atoms with Gasteiger partial charge in [0.2, 0.25) is 10.0 Å². The van der Waals surface area contributed by atoms with Gasteiger partial charge in [0.05, 0.1) is 7.11 Å². The zero-order valence-corrected chi connectivity index (χ0v) is 13.3. The van der Waals surface area contributed by atoms with Gasteiger partial charge >= 0.3 is 0 Å². The van der Waals surface area contributed by atoms with Crippen LogP contribution in [0, 0.1) is 0 Å². The van der Waals surface area contributed by atoms with Crippen LogP contribution in [-0.4, -0.2) is 40.0 Å². The summed E-state index contributed by atoms with van der Waals surface area (Å²) in [5.74, 6) is 0.327. The Morgan fingerprint density at radius 3 is 2.38 bits per heavy atom. The summed E-state index contributed by atoms with van der Waals surface area (Å²) >= 11 is 0.